The van der Waals surface area contributed by atoms with Crippen molar-refractivity contribution in [2.75, 3.05) is 0 Å². The summed E-state index contributed by atoms with van der Waals surface area (Å²) in [5.74, 6) is 0.755. The van der Waals surface area contributed by atoms with Crippen LogP contribution in [0.15, 0.2) is 24.3 Å². The molecule has 0 spiro atoms. The summed E-state index contributed by atoms with van der Waals surface area (Å²) in [6.45, 7) is 4.34. The number of hydrogen-bond acceptors (Lipinski definition) is 0. The lowest BCUT2D eigenvalue weighted by Gasteiger charge is -2.03. The van der Waals surface area contributed by atoms with Crippen LogP contribution in [0.25, 0.3) is 0 Å². The Labute approximate surface area is 67.7 Å². The maximum Gasteiger partial charge on any atom is 0.178 e. The summed E-state index contributed by atoms with van der Waals surface area (Å²) in [5.41, 5.74) is 1.25. The van der Waals surface area contributed by atoms with Crippen LogP contribution in [-0.4, -0.2) is 0 Å². The largest absolute Gasteiger partial charge is 0.290 e. The van der Waals surface area contributed by atoms with E-state index < -0.39 is 0 Å². The zero-order valence-corrected chi connectivity index (χ0v) is 7.00. The predicted molar refractivity (Wildman–Crippen MR) is 45.1 cm³/mol. The Morgan fingerprint density at radius 2 is 1.73 bits per heavy atom. The third-order valence-corrected chi connectivity index (χ3v) is 1.57. The average Bonchev–Trinajstić information content (AvgIpc) is 1.93. The minimum atomic E-state index is 0.0949. The molecule has 0 N–H and O–H groups in total. The fourth-order valence-corrected chi connectivity index (χ4v) is 1.10. The van der Waals surface area contributed by atoms with Gasteiger partial charge in [0.2, 0.25) is 0 Å². The second-order valence-corrected chi connectivity index (χ2v) is 3.24. The van der Waals surface area contributed by atoms with Crippen molar-refractivity contribution in [1.82, 2.24) is 0 Å². The van der Waals surface area contributed by atoms with Crippen molar-refractivity contribution < 1.29 is 5.11 Å². The SMILES string of the molecule is CC(C)Cc1ccc([O])cc1. The average molecular weight is 149 g/mol. The minimum absolute atomic E-state index is 0.0949. The van der Waals surface area contributed by atoms with Crippen LogP contribution in [0.3, 0.4) is 0 Å². The first-order chi connectivity index (χ1) is 5.18. The van der Waals surface area contributed by atoms with Crippen LogP contribution < -0.4 is 0 Å². The molecule has 0 saturated carbocycles. The Morgan fingerprint density at radius 3 is 2.18 bits per heavy atom. The van der Waals surface area contributed by atoms with E-state index in [0.29, 0.717) is 5.92 Å². The number of hydrogen-bond donors (Lipinski definition) is 0. The Kier molecular flexibility index (Phi) is 2.53. The maximum absolute atomic E-state index is 10.7. The minimum Gasteiger partial charge on any atom is -0.290 e. The molecule has 0 bridgehead atoms. The molecule has 1 nitrogen and oxygen atoms in total. The van der Waals surface area contributed by atoms with Gasteiger partial charge in [-0.25, -0.2) is 0 Å². The first-order valence-electron chi connectivity index (χ1n) is 3.94. The molecule has 0 aromatic heterocycles. The third-order valence-electron chi connectivity index (χ3n) is 1.57. The first-order valence-corrected chi connectivity index (χ1v) is 3.94. The molecule has 11 heavy (non-hydrogen) atoms. The van der Waals surface area contributed by atoms with Gasteiger partial charge in [-0.1, -0.05) is 26.0 Å². The number of rotatable bonds is 2. The molecular formula is C10H13O. The lowest BCUT2D eigenvalue weighted by Crippen LogP contribution is -1.92. The molecule has 0 aliphatic heterocycles. The molecule has 0 heterocycles. The van der Waals surface area contributed by atoms with E-state index in [1.807, 2.05) is 12.1 Å². The molecule has 59 valence electrons. The van der Waals surface area contributed by atoms with Gasteiger partial charge >= 0.3 is 0 Å². The molecule has 0 saturated heterocycles. The van der Waals surface area contributed by atoms with Gasteiger partial charge in [0, 0.05) is 0 Å². The van der Waals surface area contributed by atoms with Gasteiger partial charge in [0.05, 0.1) is 0 Å². The van der Waals surface area contributed by atoms with E-state index in [1.165, 1.54) is 5.56 Å². The summed E-state index contributed by atoms with van der Waals surface area (Å²) in [4.78, 5) is 0. The van der Waals surface area contributed by atoms with Gasteiger partial charge in [-0.05, 0) is 30.0 Å². The molecule has 0 fully saturated rings. The molecular weight excluding hydrogens is 136 g/mol. The molecule has 1 rings (SSSR count). The first kappa shape index (κ1) is 8.12. The van der Waals surface area contributed by atoms with Crippen molar-refractivity contribution in [3.05, 3.63) is 29.8 Å². The van der Waals surface area contributed by atoms with Gasteiger partial charge in [-0.2, -0.15) is 0 Å². The monoisotopic (exact) mass is 149 g/mol. The van der Waals surface area contributed by atoms with Crippen molar-refractivity contribution in [2.24, 2.45) is 5.92 Å². The quantitative estimate of drug-likeness (QED) is 0.616. The highest BCUT2D eigenvalue weighted by Crippen LogP contribution is 2.13. The van der Waals surface area contributed by atoms with Crippen LogP contribution >= 0.6 is 0 Å². The Hall–Kier alpha value is -0.980. The Bertz CT molecular complexity index is 211. The smallest absolute Gasteiger partial charge is 0.178 e. The highest BCUT2D eigenvalue weighted by Gasteiger charge is 1.97. The summed E-state index contributed by atoms with van der Waals surface area (Å²) in [7, 11) is 0. The van der Waals surface area contributed by atoms with Crippen molar-refractivity contribution >= 4 is 0 Å². The normalized spacial score (nSPS) is 10.5. The summed E-state index contributed by atoms with van der Waals surface area (Å²) < 4.78 is 0. The van der Waals surface area contributed by atoms with Crippen molar-refractivity contribution in [2.45, 2.75) is 20.3 Å². The van der Waals surface area contributed by atoms with Crippen LogP contribution in [0, 0.1) is 5.92 Å². The molecule has 1 aromatic carbocycles. The lowest BCUT2D eigenvalue weighted by molar-refractivity contribution is 0.354. The van der Waals surface area contributed by atoms with E-state index in [-0.39, 0.29) is 5.75 Å². The van der Waals surface area contributed by atoms with Gasteiger partial charge in [0.15, 0.2) is 5.75 Å². The zero-order valence-electron chi connectivity index (χ0n) is 7.00. The van der Waals surface area contributed by atoms with Gasteiger partial charge in [0.25, 0.3) is 0 Å². The van der Waals surface area contributed by atoms with Crippen molar-refractivity contribution in [3.8, 4) is 5.75 Å². The third kappa shape index (κ3) is 2.62. The lowest BCUT2D eigenvalue weighted by atomic mass is 10.0. The maximum atomic E-state index is 10.7. The molecule has 0 aliphatic carbocycles. The summed E-state index contributed by atoms with van der Waals surface area (Å²) in [5, 5.41) is 10.7. The van der Waals surface area contributed by atoms with E-state index in [0.717, 1.165) is 6.42 Å². The molecule has 0 amide bonds. The van der Waals surface area contributed by atoms with Crippen molar-refractivity contribution in [1.29, 1.82) is 0 Å². The van der Waals surface area contributed by atoms with Crippen LogP contribution in [-0.2, 0) is 11.5 Å². The van der Waals surface area contributed by atoms with E-state index in [4.69, 9.17) is 0 Å². The van der Waals surface area contributed by atoms with E-state index in [2.05, 4.69) is 13.8 Å². The van der Waals surface area contributed by atoms with Crippen molar-refractivity contribution in [3.63, 3.8) is 0 Å². The second-order valence-electron chi connectivity index (χ2n) is 3.24. The highest BCUT2D eigenvalue weighted by molar-refractivity contribution is 5.25. The van der Waals surface area contributed by atoms with Gasteiger partial charge in [-0.3, -0.25) is 5.11 Å². The second kappa shape index (κ2) is 3.42. The summed E-state index contributed by atoms with van der Waals surface area (Å²) >= 11 is 0. The molecule has 0 atom stereocenters. The summed E-state index contributed by atoms with van der Waals surface area (Å²) in [6.07, 6.45) is 1.06. The van der Waals surface area contributed by atoms with Crippen LogP contribution in [0.4, 0.5) is 0 Å². The highest BCUT2D eigenvalue weighted by atomic mass is 16.3. The molecule has 0 aliphatic rings. The van der Waals surface area contributed by atoms with Gasteiger partial charge < -0.3 is 0 Å². The fourth-order valence-electron chi connectivity index (χ4n) is 1.10. The molecule has 1 heteroatoms. The molecule has 1 radical (unpaired) electrons. The topological polar surface area (TPSA) is 19.9 Å². The van der Waals surface area contributed by atoms with Crippen LogP contribution in [0.1, 0.15) is 19.4 Å². The van der Waals surface area contributed by atoms with E-state index in [1.54, 1.807) is 12.1 Å². The Morgan fingerprint density at radius 1 is 1.18 bits per heavy atom. The summed E-state index contributed by atoms with van der Waals surface area (Å²) in [6, 6.07) is 7.06. The van der Waals surface area contributed by atoms with Gasteiger partial charge in [0.1, 0.15) is 0 Å². The van der Waals surface area contributed by atoms with Crippen LogP contribution in [0.2, 0.25) is 0 Å². The predicted octanol–water partition coefficient (Wildman–Crippen LogP) is 3.03. The standard InChI is InChI=1S/C10H13O/c1-8(2)7-9-3-5-10(11)6-4-9/h3-6,8H,7H2,1-2H3. The van der Waals surface area contributed by atoms with Gasteiger partial charge in [-0.15, -0.1) is 0 Å². The van der Waals surface area contributed by atoms with E-state index >= 15 is 0 Å². The fraction of sp³-hybridized carbons (Fsp3) is 0.400. The molecule has 0 unspecified atom stereocenters. The zero-order chi connectivity index (χ0) is 8.27. The van der Waals surface area contributed by atoms with Crippen LogP contribution in [0.5, 0.6) is 5.75 Å². The Balaban J connectivity index is 2.66. The number of benzene rings is 1. The van der Waals surface area contributed by atoms with E-state index in [9.17, 15) is 5.11 Å². The molecule has 1 aromatic rings.